The van der Waals surface area contributed by atoms with Crippen molar-refractivity contribution < 1.29 is 14.6 Å². The number of hydrogen-bond donors (Lipinski definition) is 1. The largest absolute Gasteiger partial charge is 0.508 e. The molecule has 1 aliphatic heterocycles. The number of amides is 1. The van der Waals surface area contributed by atoms with Crippen LogP contribution in [0.2, 0.25) is 0 Å². The zero-order chi connectivity index (χ0) is 10.8. The van der Waals surface area contributed by atoms with Crippen LogP contribution in [0.1, 0.15) is 0 Å². The molecule has 2 rings (SSSR count). The van der Waals surface area contributed by atoms with Crippen molar-refractivity contribution >= 4 is 11.6 Å². The lowest BCUT2D eigenvalue weighted by Crippen LogP contribution is -2.38. The van der Waals surface area contributed by atoms with E-state index < -0.39 is 0 Å². The highest BCUT2D eigenvalue weighted by Crippen LogP contribution is 2.34. The lowest BCUT2D eigenvalue weighted by Gasteiger charge is -2.28. The predicted molar refractivity (Wildman–Crippen MR) is 56.2 cm³/mol. The maximum Gasteiger partial charge on any atom is 0.265 e. The summed E-state index contributed by atoms with van der Waals surface area (Å²) in [4.78, 5) is 13.1. The van der Waals surface area contributed by atoms with Gasteiger partial charge in [-0.3, -0.25) is 4.79 Å². The van der Waals surface area contributed by atoms with Crippen LogP contribution in [0, 0.1) is 0 Å². The van der Waals surface area contributed by atoms with Crippen LogP contribution in [0.3, 0.4) is 0 Å². The van der Waals surface area contributed by atoms with Gasteiger partial charge in [0, 0.05) is 12.6 Å². The van der Waals surface area contributed by atoms with E-state index in [0.29, 0.717) is 18.0 Å². The average Bonchev–Trinajstić information content (AvgIpc) is 2.22. The topological polar surface area (TPSA) is 49.8 Å². The molecule has 1 N–H and O–H groups in total. The molecular weight excluding hydrogens is 194 g/mol. The SMILES string of the molecule is C=CCN1C(=O)COc2cc(O)ccc21. The second kappa shape index (κ2) is 3.65. The summed E-state index contributed by atoms with van der Waals surface area (Å²) in [6, 6.07) is 4.68. The minimum atomic E-state index is -0.104. The van der Waals surface area contributed by atoms with E-state index in [1.165, 1.54) is 12.1 Å². The number of aromatic hydroxyl groups is 1. The normalized spacial score (nSPS) is 14.4. The number of benzene rings is 1. The third-order valence-electron chi connectivity index (χ3n) is 2.20. The molecule has 1 amide bonds. The highest BCUT2D eigenvalue weighted by atomic mass is 16.5. The summed E-state index contributed by atoms with van der Waals surface area (Å²) in [5.74, 6) is 0.547. The summed E-state index contributed by atoms with van der Waals surface area (Å²) >= 11 is 0. The smallest absolute Gasteiger partial charge is 0.265 e. The molecule has 1 aromatic rings. The lowest BCUT2D eigenvalue weighted by atomic mass is 10.2. The molecule has 0 bridgehead atoms. The molecule has 1 aliphatic rings. The van der Waals surface area contributed by atoms with Gasteiger partial charge >= 0.3 is 0 Å². The summed E-state index contributed by atoms with van der Waals surface area (Å²) in [6.07, 6.45) is 1.65. The molecule has 78 valence electrons. The van der Waals surface area contributed by atoms with E-state index in [-0.39, 0.29) is 18.3 Å². The Hall–Kier alpha value is -1.97. The van der Waals surface area contributed by atoms with Gasteiger partial charge in [-0.15, -0.1) is 6.58 Å². The highest BCUT2D eigenvalue weighted by molar-refractivity contribution is 5.98. The molecular formula is C11H11NO3. The zero-order valence-electron chi connectivity index (χ0n) is 8.14. The number of anilines is 1. The number of hydrogen-bond acceptors (Lipinski definition) is 3. The molecule has 0 saturated carbocycles. The van der Waals surface area contributed by atoms with Gasteiger partial charge < -0.3 is 14.7 Å². The van der Waals surface area contributed by atoms with Crippen LogP contribution in [-0.4, -0.2) is 24.2 Å². The van der Waals surface area contributed by atoms with Crippen molar-refractivity contribution in [3.8, 4) is 11.5 Å². The standard InChI is InChI=1S/C11H11NO3/c1-2-5-12-9-4-3-8(13)6-10(9)15-7-11(12)14/h2-4,6,13H,1,5,7H2. The monoisotopic (exact) mass is 205 g/mol. The molecule has 1 aromatic carbocycles. The molecule has 4 heteroatoms. The quantitative estimate of drug-likeness (QED) is 0.740. The van der Waals surface area contributed by atoms with Crippen LogP contribution >= 0.6 is 0 Å². The molecule has 4 nitrogen and oxygen atoms in total. The van der Waals surface area contributed by atoms with Crippen LogP contribution in [0.15, 0.2) is 30.9 Å². The van der Waals surface area contributed by atoms with E-state index in [9.17, 15) is 9.90 Å². The molecule has 0 fully saturated rings. The molecule has 15 heavy (non-hydrogen) atoms. The Balaban J connectivity index is 2.43. The number of phenols is 1. The first-order chi connectivity index (χ1) is 7.22. The van der Waals surface area contributed by atoms with Crippen molar-refractivity contribution in [3.63, 3.8) is 0 Å². The van der Waals surface area contributed by atoms with Crippen molar-refractivity contribution in [3.05, 3.63) is 30.9 Å². The Kier molecular flexibility index (Phi) is 2.33. The van der Waals surface area contributed by atoms with Gasteiger partial charge in [-0.25, -0.2) is 0 Å². The molecule has 0 radical (unpaired) electrons. The van der Waals surface area contributed by atoms with Crippen molar-refractivity contribution in [2.45, 2.75) is 0 Å². The van der Waals surface area contributed by atoms with E-state index in [2.05, 4.69) is 6.58 Å². The Morgan fingerprint density at radius 3 is 3.13 bits per heavy atom. The summed E-state index contributed by atoms with van der Waals surface area (Å²) < 4.78 is 5.21. The number of ether oxygens (including phenoxy) is 1. The van der Waals surface area contributed by atoms with Crippen molar-refractivity contribution in [2.24, 2.45) is 0 Å². The van der Waals surface area contributed by atoms with Gasteiger partial charge in [0.25, 0.3) is 5.91 Å². The first-order valence-corrected chi connectivity index (χ1v) is 4.59. The zero-order valence-corrected chi connectivity index (χ0v) is 8.14. The fraction of sp³-hybridized carbons (Fsp3) is 0.182. The Labute approximate surface area is 87.4 Å². The number of phenolic OH excluding ortho intramolecular Hbond substituents is 1. The van der Waals surface area contributed by atoms with E-state index in [1.54, 1.807) is 17.0 Å². The lowest BCUT2D eigenvalue weighted by molar-refractivity contribution is -0.121. The van der Waals surface area contributed by atoms with Crippen molar-refractivity contribution in [1.29, 1.82) is 0 Å². The fourth-order valence-electron chi connectivity index (χ4n) is 1.52. The van der Waals surface area contributed by atoms with E-state index >= 15 is 0 Å². The summed E-state index contributed by atoms with van der Waals surface area (Å²) in [5, 5.41) is 9.27. The van der Waals surface area contributed by atoms with Crippen molar-refractivity contribution in [1.82, 2.24) is 0 Å². The maximum atomic E-state index is 11.5. The van der Waals surface area contributed by atoms with Gasteiger partial charge in [0.2, 0.25) is 0 Å². The van der Waals surface area contributed by atoms with Gasteiger partial charge in [-0.2, -0.15) is 0 Å². The molecule has 0 spiro atoms. The Bertz CT molecular complexity index is 414. The molecule has 0 aliphatic carbocycles. The first kappa shape index (κ1) is 9.58. The van der Waals surface area contributed by atoms with Crippen molar-refractivity contribution in [2.75, 3.05) is 18.1 Å². The second-order valence-electron chi connectivity index (χ2n) is 3.23. The third kappa shape index (κ3) is 1.66. The molecule has 0 aromatic heterocycles. The second-order valence-corrected chi connectivity index (χ2v) is 3.23. The molecule has 0 unspecified atom stereocenters. The predicted octanol–water partition coefficient (Wildman–Crippen LogP) is 1.30. The average molecular weight is 205 g/mol. The number of nitrogens with zero attached hydrogens (tertiary/aromatic N) is 1. The maximum absolute atomic E-state index is 11.5. The van der Waals surface area contributed by atoms with Gasteiger partial charge in [0.05, 0.1) is 5.69 Å². The van der Waals surface area contributed by atoms with E-state index in [1.807, 2.05) is 0 Å². The molecule has 0 atom stereocenters. The summed E-state index contributed by atoms with van der Waals surface area (Å²) in [5.41, 5.74) is 0.670. The van der Waals surface area contributed by atoms with Gasteiger partial charge in [-0.05, 0) is 12.1 Å². The number of carbonyl (C=O) groups is 1. The van der Waals surface area contributed by atoms with Crippen LogP contribution in [0.25, 0.3) is 0 Å². The number of carbonyl (C=O) groups excluding carboxylic acids is 1. The van der Waals surface area contributed by atoms with E-state index in [0.717, 1.165) is 0 Å². The van der Waals surface area contributed by atoms with E-state index in [4.69, 9.17) is 4.74 Å². The Morgan fingerprint density at radius 1 is 1.60 bits per heavy atom. The first-order valence-electron chi connectivity index (χ1n) is 4.59. The van der Waals surface area contributed by atoms with Crippen LogP contribution in [0.4, 0.5) is 5.69 Å². The summed E-state index contributed by atoms with van der Waals surface area (Å²) in [7, 11) is 0. The van der Waals surface area contributed by atoms with Gasteiger partial charge in [0.1, 0.15) is 11.5 Å². The van der Waals surface area contributed by atoms with Crippen LogP contribution in [0.5, 0.6) is 11.5 Å². The van der Waals surface area contributed by atoms with Crippen LogP contribution < -0.4 is 9.64 Å². The fourth-order valence-corrected chi connectivity index (χ4v) is 1.52. The minimum Gasteiger partial charge on any atom is -0.508 e. The third-order valence-corrected chi connectivity index (χ3v) is 2.20. The van der Waals surface area contributed by atoms with Gasteiger partial charge in [0.15, 0.2) is 6.61 Å². The molecule has 1 heterocycles. The molecule has 0 saturated heterocycles. The summed E-state index contributed by atoms with van der Waals surface area (Å²) in [6.45, 7) is 4.04. The number of rotatable bonds is 2. The Morgan fingerprint density at radius 2 is 2.40 bits per heavy atom. The van der Waals surface area contributed by atoms with Crippen LogP contribution in [-0.2, 0) is 4.79 Å². The van der Waals surface area contributed by atoms with Gasteiger partial charge in [-0.1, -0.05) is 6.08 Å². The number of fused-ring (bicyclic) bond motifs is 1. The minimum absolute atomic E-state index is 0.00426. The highest BCUT2D eigenvalue weighted by Gasteiger charge is 2.24.